The van der Waals surface area contributed by atoms with Crippen LogP contribution in [0.4, 0.5) is 0 Å². The molecule has 0 aromatic carbocycles. The molecule has 124 valence electrons. The third-order valence-electron chi connectivity index (χ3n) is 7.56. The van der Waals surface area contributed by atoms with Crippen molar-refractivity contribution in [2.45, 2.75) is 44.9 Å². The minimum atomic E-state index is -0.0665. The second-order valence-electron chi connectivity index (χ2n) is 8.40. The summed E-state index contributed by atoms with van der Waals surface area (Å²) in [7, 11) is 0. The maximum absolute atomic E-state index is 11.5. The number of amides is 1. The van der Waals surface area contributed by atoms with Gasteiger partial charge in [0, 0.05) is 12.5 Å². The molecule has 4 aliphatic heterocycles. The number of piperidine rings is 4. The third kappa shape index (κ3) is 2.48. The molecule has 1 aliphatic carbocycles. The molecule has 0 aromatic heterocycles. The molecule has 5 fully saturated rings. The molecule has 22 heavy (non-hydrogen) atoms. The Kier molecular flexibility index (Phi) is 3.93. The first-order valence-corrected chi connectivity index (χ1v) is 9.40. The van der Waals surface area contributed by atoms with E-state index in [4.69, 9.17) is 5.73 Å². The molecular formula is C18H31N3O. The van der Waals surface area contributed by atoms with Gasteiger partial charge < -0.3 is 16.0 Å². The summed E-state index contributed by atoms with van der Waals surface area (Å²) in [4.78, 5) is 14.2. The van der Waals surface area contributed by atoms with Crippen molar-refractivity contribution >= 4 is 5.91 Å². The summed E-state index contributed by atoms with van der Waals surface area (Å²) in [5.41, 5.74) is 6.05. The number of nitrogens with one attached hydrogen (secondary N) is 1. The maximum atomic E-state index is 11.5. The number of carbonyl (C=O) groups is 1. The van der Waals surface area contributed by atoms with Crippen LogP contribution in [0.5, 0.6) is 0 Å². The molecule has 4 heteroatoms. The van der Waals surface area contributed by atoms with Gasteiger partial charge in [-0.15, -0.1) is 0 Å². The summed E-state index contributed by atoms with van der Waals surface area (Å²) >= 11 is 0. The van der Waals surface area contributed by atoms with Gasteiger partial charge >= 0.3 is 0 Å². The number of hydrogen-bond donors (Lipinski definition) is 2. The van der Waals surface area contributed by atoms with Crippen LogP contribution < -0.4 is 11.1 Å². The number of nitrogens with two attached hydrogens (primary N) is 1. The maximum Gasteiger partial charge on any atom is 0.220 e. The van der Waals surface area contributed by atoms with Crippen molar-refractivity contribution < 1.29 is 4.79 Å². The SMILES string of the molecule is NC(=O)C1CCC2(CCNCC2[C@H]2CN3CCC2CC3)CC1. The number of primary amides is 1. The monoisotopic (exact) mass is 305 g/mol. The Morgan fingerprint density at radius 1 is 1.09 bits per heavy atom. The lowest BCUT2D eigenvalue weighted by molar-refractivity contribution is -0.125. The first kappa shape index (κ1) is 14.9. The fourth-order valence-corrected chi connectivity index (χ4v) is 6.17. The third-order valence-corrected chi connectivity index (χ3v) is 7.56. The second-order valence-corrected chi connectivity index (χ2v) is 8.40. The van der Waals surface area contributed by atoms with Crippen molar-refractivity contribution in [2.24, 2.45) is 34.8 Å². The Hall–Kier alpha value is -0.610. The molecule has 3 N–H and O–H groups in total. The zero-order chi connectivity index (χ0) is 15.2. The van der Waals surface area contributed by atoms with Gasteiger partial charge in [0.25, 0.3) is 0 Å². The molecule has 2 bridgehead atoms. The van der Waals surface area contributed by atoms with Crippen molar-refractivity contribution in [2.75, 3.05) is 32.7 Å². The highest BCUT2D eigenvalue weighted by Crippen LogP contribution is 2.53. The van der Waals surface area contributed by atoms with Crippen molar-refractivity contribution in [3.63, 3.8) is 0 Å². The molecule has 0 radical (unpaired) electrons. The summed E-state index contributed by atoms with van der Waals surface area (Å²) < 4.78 is 0. The van der Waals surface area contributed by atoms with Gasteiger partial charge in [-0.1, -0.05) is 0 Å². The molecule has 4 saturated heterocycles. The van der Waals surface area contributed by atoms with Crippen molar-refractivity contribution in [1.82, 2.24) is 10.2 Å². The van der Waals surface area contributed by atoms with E-state index >= 15 is 0 Å². The lowest BCUT2D eigenvalue weighted by Gasteiger charge is -2.56. The summed E-state index contributed by atoms with van der Waals surface area (Å²) in [5.74, 6) is 2.75. The quantitative estimate of drug-likeness (QED) is 0.815. The van der Waals surface area contributed by atoms with E-state index in [1.165, 1.54) is 64.8 Å². The molecule has 1 spiro atoms. The van der Waals surface area contributed by atoms with E-state index < -0.39 is 0 Å². The zero-order valence-electron chi connectivity index (χ0n) is 13.7. The molecule has 0 aromatic rings. The summed E-state index contributed by atoms with van der Waals surface area (Å²) in [6, 6.07) is 0. The molecule has 5 aliphatic rings. The first-order chi connectivity index (χ1) is 10.7. The fraction of sp³-hybridized carbons (Fsp3) is 0.944. The van der Waals surface area contributed by atoms with E-state index in [-0.39, 0.29) is 11.8 Å². The Morgan fingerprint density at radius 3 is 2.41 bits per heavy atom. The highest BCUT2D eigenvalue weighted by molar-refractivity contribution is 5.76. The van der Waals surface area contributed by atoms with Gasteiger partial charge in [0.1, 0.15) is 0 Å². The Labute approximate surface area is 134 Å². The van der Waals surface area contributed by atoms with Gasteiger partial charge in [-0.25, -0.2) is 0 Å². The van der Waals surface area contributed by atoms with E-state index in [1.54, 1.807) is 0 Å². The average Bonchev–Trinajstić information content (AvgIpc) is 2.57. The van der Waals surface area contributed by atoms with Crippen LogP contribution in [0.3, 0.4) is 0 Å². The zero-order valence-corrected chi connectivity index (χ0v) is 13.7. The summed E-state index contributed by atoms with van der Waals surface area (Å²) in [5, 5.41) is 3.69. The van der Waals surface area contributed by atoms with Gasteiger partial charge in [0.05, 0.1) is 0 Å². The second kappa shape index (κ2) is 5.79. The number of nitrogens with zero attached hydrogens (tertiary/aromatic N) is 1. The van der Waals surface area contributed by atoms with Gasteiger partial charge in [-0.2, -0.15) is 0 Å². The van der Waals surface area contributed by atoms with Gasteiger partial charge in [0.2, 0.25) is 5.91 Å². The predicted octanol–water partition coefficient (Wildman–Crippen LogP) is 1.60. The number of carbonyl (C=O) groups excluding carboxylic acids is 1. The Bertz CT molecular complexity index is 422. The molecule has 5 rings (SSSR count). The number of rotatable bonds is 2. The smallest absolute Gasteiger partial charge is 0.220 e. The van der Waals surface area contributed by atoms with E-state index in [1.807, 2.05) is 0 Å². The van der Waals surface area contributed by atoms with Crippen LogP contribution in [-0.4, -0.2) is 43.5 Å². The van der Waals surface area contributed by atoms with Gasteiger partial charge in [-0.3, -0.25) is 4.79 Å². The minimum Gasteiger partial charge on any atom is -0.369 e. The Morgan fingerprint density at radius 2 is 1.82 bits per heavy atom. The molecule has 4 nitrogen and oxygen atoms in total. The van der Waals surface area contributed by atoms with Crippen LogP contribution in [-0.2, 0) is 4.79 Å². The van der Waals surface area contributed by atoms with Gasteiger partial charge in [0.15, 0.2) is 0 Å². The van der Waals surface area contributed by atoms with Crippen LogP contribution in [0.1, 0.15) is 44.9 Å². The van der Waals surface area contributed by atoms with Gasteiger partial charge in [-0.05, 0) is 94.3 Å². The largest absolute Gasteiger partial charge is 0.369 e. The van der Waals surface area contributed by atoms with Crippen LogP contribution in [0, 0.1) is 29.1 Å². The average molecular weight is 305 g/mol. The van der Waals surface area contributed by atoms with E-state index in [0.717, 1.165) is 30.6 Å². The highest BCUT2D eigenvalue weighted by Gasteiger charge is 2.50. The predicted molar refractivity (Wildman–Crippen MR) is 87.2 cm³/mol. The minimum absolute atomic E-state index is 0.0665. The molecule has 2 atom stereocenters. The molecular weight excluding hydrogens is 274 g/mol. The van der Waals surface area contributed by atoms with E-state index in [9.17, 15) is 4.79 Å². The number of fused-ring (bicyclic) bond motifs is 3. The summed E-state index contributed by atoms with van der Waals surface area (Å²) in [6.07, 6.45) is 8.68. The summed E-state index contributed by atoms with van der Waals surface area (Å²) in [6.45, 7) is 6.36. The van der Waals surface area contributed by atoms with Crippen molar-refractivity contribution in [3.8, 4) is 0 Å². The van der Waals surface area contributed by atoms with E-state index in [0.29, 0.717) is 5.41 Å². The van der Waals surface area contributed by atoms with Crippen LogP contribution in [0.25, 0.3) is 0 Å². The normalized spacial score (nSPS) is 48.5. The molecule has 1 amide bonds. The lowest BCUT2D eigenvalue weighted by atomic mass is 9.54. The Balaban J connectivity index is 1.51. The van der Waals surface area contributed by atoms with Crippen LogP contribution >= 0.6 is 0 Å². The molecule has 1 saturated carbocycles. The highest BCUT2D eigenvalue weighted by atomic mass is 16.1. The van der Waals surface area contributed by atoms with Crippen LogP contribution in [0.15, 0.2) is 0 Å². The van der Waals surface area contributed by atoms with E-state index in [2.05, 4.69) is 10.2 Å². The standard InChI is InChI=1S/C18H31N3O/c19-17(22)14-1-5-18(6-2-14)7-8-20-11-16(18)15-12-21-9-3-13(15)4-10-21/h13-16,20H,1-12H2,(H2,19,22)/t14?,15-,16?,18?/m0/s1. The lowest BCUT2D eigenvalue weighted by Crippen LogP contribution is -2.58. The van der Waals surface area contributed by atoms with Crippen molar-refractivity contribution in [3.05, 3.63) is 0 Å². The first-order valence-electron chi connectivity index (χ1n) is 9.40. The fourth-order valence-electron chi connectivity index (χ4n) is 6.17. The molecule has 4 heterocycles. The van der Waals surface area contributed by atoms with Crippen LogP contribution in [0.2, 0.25) is 0 Å². The number of hydrogen-bond acceptors (Lipinski definition) is 3. The topological polar surface area (TPSA) is 58.4 Å². The van der Waals surface area contributed by atoms with Crippen molar-refractivity contribution in [1.29, 1.82) is 0 Å². The molecule has 1 unspecified atom stereocenters.